The number of aliphatic hydroxyl groups is 1. The first-order valence-electron chi connectivity index (χ1n) is 6.65. The van der Waals surface area contributed by atoms with Crippen molar-refractivity contribution in [1.82, 2.24) is 9.78 Å². The predicted molar refractivity (Wildman–Crippen MR) is 92.5 cm³/mol. The number of halogens is 5. The van der Waals surface area contributed by atoms with E-state index in [1.165, 1.54) is 23.5 Å². The van der Waals surface area contributed by atoms with E-state index in [0.29, 0.717) is 5.03 Å². The summed E-state index contributed by atoms with van der Waals surface area (Å²) in [6.07, 6.45) is -4.67. The molecule has 10 heteroatoms. The third kappa shape index (κ3) is 5.13. The first-order valence-corrected chi connectivity index (χ1v) is 8.26. The van der Waals surface area contributed by atoms with Gasteiger partial charge in [-0.3, -0.25) is 4.68 Å². The molecule has 0 saturated heterocycles. The quantitative estimate of drug-likeness (QED) is 0.736. The summed E-state index contributed by atoms with van der Waals surface area (Å²) >= 11 is 4.49. The molecule has 1 unspecified atom stereocenters. The number of nitrogens with two attached hydrogens (primary N) is 1. The van der Waals surface area contributed by atoms with Crippen molar-refractivity contribution in [3.05, 3.63) is 40.0 Å². The van der Waals surface area contributed by atoms with Gasteiger partial charge in [-0.2, -0.15) is 18.3 Å². The number of benzene rings is 1. The zero-order valence-corrected chi connectivity index (χ0v) is 15.8. The minimum absolute atomic E-state index is 0. The Balaban J connectivity index is 0.00000288. The van der Waals surface area contributed by atoms with Crippen molar-refractivity contribution in [2.45, 2.75) is 28.6 Å². The lowest BCUT2D eigenvalue weighted by molar-refractivity contribution is -0.142. The van der Waals surface area contributed by atoms with Gasteiger partial charge in [0.1, 0.15) is 5.03 Å². The van der Waals surface area contributed by atoms with Crippen LogP contribution in [0.25, 0.3) is 0 Å². The second-order valence-electron chi connectivity index (χ2n) is 4.96. The van der Waals surface area contributed by atoms with Crippen LogP contribution in [0.3, 0.4) is 0 Å². The minimum Gasteiger partial charge on any atom is -0.395 e. The number of nitrogens with zero attached hydrogens (tertiary/aromatic N) is 2. The molecule has 0 spiro atoms. The molecular formula is C14H16BrClF3N3OS. The lowest BCUT2D eigenvalue weighted by Gasteiger charge is -2.12. The number of aliphatic hydroxyl groups excluding tert-OH is 1. The Bertz CT molecular complexity index is 679. The van der Waals surface area contributed by atoms with Crippen LogP contribution in [0, 0.1) is 0 Å². The molecule has 0 amide bonds. The van der Waals surface area contributed by atoms with Gasteiger partial charge >= 0.3 is 6.18 Å². The molecule has 1 heterocycles. The molecule has 0 fully saturated rings. The van der Waals surface area contributed by atoms with Gasteiger partial charge in [0.2, 0.25) is 0 Å². The molecule has 0 radical (unpaired) electrons. The minimum atomic E-state index is -4.57. The highest BCUT2D eigenvalue weighted by Crippen LogP contribution is 2.39. The Kier molecular flexibility index (Phi) is 7.61. The van der Waals surface area contributed by atoms with Crippen LogP contribution in [0.1, 0.15) is 11.3 Å². The maximum atomic E-state index is 13.2. The van der Waals surface area contributed by atoms with Gasteiger partial charge in [-0.15, -0.1) is 12.4 Å². The molecule has 0 bridgehead atoms. The highest BCUT2D eigenvalue weighted by atomic mass is 79.9. The van der Waals surface area contributed by atoms with Crippen LogP contribution in [-0.4, -0.2) is 27.5 Å². The molecule has 24 heavy (non-hydrogen) atoms. The fourth-order valence-corrected chi connectivity index (χ4v) is 3.27. The smallest absolute Gasteiger partial charge is 0.395 e. The van der Waals surface area contributed by atoms with E-state index in [0.717, 1.165) is 9.37 Å². The zero-order chi connectivity index (χ0) is 17.2. The molecule has 4 nitrogen and oxygen atoms in total. The molecule has 0 aliphatic carbocycles. The van der Waals surface area contributed by atoms with E-state index in [2.05, 4.69) is 21.0 Å². The first kappa shape index (κ1) is 21.3. The molecule has 0 aliphatic rings. The Morgan fingerprint density at radius 1 is 1.33 bits per heavy atom. The molecule has 2 rings (SSSR count). The lowest BCUT2D eigenvalue weighted by atomic mass is 10.1. The topological polar surface area (TPSA) is 64.1 Å². The van der Waals surface area contributed by atoms with Gasteiger partial charge in [0, 0.05) is 28.0 Å². The second kappa shape index (κ2) is 8.57. The molecule has 0 saturated carbocycles. The van der Waals surface area contributed by atoms with Crippen LogP contribution in [-0.2, 0) is 19.6 Å². The maximum absolute atomic E-state index is 13.2. The number of alkyl halides is 3. The second-order valence-corrected chi connectivity index (χ2v) is 6.93. The normalized spacial score (nSPS) is 12.8. The summed E-state index contributed by atoms with van der Waals surface area (Å²) < 4.78 is 41.7. The van der Waals surface area contributed by atoms with Crippen molar-refractivity contribution in [1.29, 1.82) is 0 Å². The van der Waals surface area contributed by atoms with Gasteiger partial charge in [-0.1, -0.05) is 27.7 Å². The molecular weight excluding hydrogens is 431 g/mol. The van der Waals surface area contributed by atoms with Crippen LogP contribution in [0.5, 0.6) is 0 Å². The molecule has 1 aromatic carbocycles. The van der Waals surface area contributed by atoms with Crippen molar-refractivity contribution in [3.63, 3.8) is 0 Å². The van der Waals surface area contributed by atoms with E-state index in [1.807, 2.05) is 12.1 Å². The number of hydrogen-bond acceptors (Lipinski definition) is 4. The van der Waals surface area contributed by atoms with E-state index < -0.39 is 24.5 Å². The third-order valence-corrected chi connectivity index (χ3v) is 4.83. The summed E-state index contributed by atoms with van der Waals surface area (Å²) in [5, 5.41) is 13.0. The summed E-state index contributed by atoms with van der Waals surface area (Å²) in [5.74, 6) is 0. The summed E-state index contributed by atoms with van der Waals surface area (Å²) in [7, 11) is 1.46. The van der Waals surface area contributed by atoms with Crippen LogP contribution in [0.2, 0.25) is 0 Å². The SMILES string of the molecule is Cl.Cn1nc(C(F)(F)F)c(CC(N)CO)c1Sc1ccc(Br)cc1. The molecule has 1 aromatic heterocycles. The number of hydrogen-bond donors (Lipinski definition) is 2. The van der Waals surface area contributed by atoms with Crippen molar-refractivity contribution in [2.75, 3.05) is 6.61 Å². The van der Waals surface area contributed by atoms with Crippen LogP contribution in [0.15, 0.2) is 38.7 Å². The van der Waals surface area contributed by atoms with Crippen LogP contribution >= 0.6 is 40.1 Å². The number of aromatic nitrogens is 2. The summed E-state index contributed by atoms with van der Waals surface area (Å²) in [6, 6.07) is 6.44. The molecule has 134 valence electrons. The van der Waals surface area contributed by atoms with E-state index in [1.54, 1.807) is 12.1 Å². The fraction of sp³-hybridized carbons (Fsp3) is 0.357. The predicted octanol–water partition coefficient (Wildman–Crippen LogP) is 3.64. The number of aryl methyl sites for hydroxylation is 1. The summed E-state index contributed by atoms with van der Waals surface area (Å²) in [5.41, 5.74) is 4.69. The Hall–Kier alpha value is -0.740. The van der Waals surface area contributed by atoms with Gasteiger partial charge in [-0.25, -0.2) is 0 Å². The first-order chi connectivity index (χ1) is 10.7. The van der Waals surface area contributed by atoms with Gasteiger partial charge in [0.25, 0.3) is 0 Å². The van der Waals surface area contributed by atoms with Gasteiger partial charge < -0.3 is 10.8 Å². The molecule has 0 aliphatic heterocycles. The average Bonchev–Trinajstić information content (AvgIpc) is 2.78. The highest BCUT2D eigenvalue weighted by Gasteiger charge is 2.39. The van der Waals surface area contributed by atoms with E-state index in [-0.39, 0.29) is 24.4 Å². The van der Waals surface area contributed by atoms with Crippen molar-refractivity contribution in [2.24, 2.45) is 12.8 Å². The largest absolute Gasteiger partial charge is 0.435 e. The highest BCUT2D eigenvalue weighted by molar-refractivity contribution is 9.10. The van der Waals surface area contributed by atoms with Gasteiger partial charge in [0.15, 0.2) is 5.69 Å². The van der Waals surface area contributed by atoms with Gasteiger partial charge in [0.05, 0.1) is 6.61 Å². The van der Waals surface area contributed by atoms with Crippen molar-refractivity contribution < 1.29 is 18.3 Å². The van der Waals surface area contributed by atoms with Crippen molar-refractivity contribution >= 4 is 40.1 Å². The van der Waals surface area contributed by atoms with Crippen molar-refractivity contribution in [3.8, 4) is 0 Å². The van der Waals surface area contributed by atoms with Gasteiger partial charge in [-0.05, 0) is 30.7 Å². The molecule has 2 aromatic rings. The maximum Gasteiger partial charge on any atom is 0.435 e. The van der Waals surface area contributed by atoms with Crippen LogP contribution in [0.4, 0.5) is 13.2 Å². The Morgan fingerprint density at radius 3 is 2.42 bits per heavy atom. The lowest BCUT2D eigenvalue weighted by Crippen LogP contribution is -2.28. The summed E-state index contributed by atoms with van der Waals surface area (Å²) in [6.45, 7) is -0.394. The fourth-order valence-electron chi connectivity index (χ4n) is 2.03. The molecule has 3 N–H and O–H groups in total. The van der Waals surface area contributed by atoms with E-state index in [9.17, 15) is 13.2 Å². The molecule has 1 atom stereocenters. The van der Waals surface area contributed by atoms with Crippen LogP contribution < -0.4 is 5.73 Å². The van der Waals surface area contributed by atoms with E-state index >= 15 is 0 Å². The summed E-state index contributed by atoms with van der Waals surface area (Å²) in [4.78, 5) is 0.781. The monoisotopic (exact) mass is 445 g/mol. The average molecular weight is 447 g/mol. The zero-order valence-electron chi connectivity index (χ0n) is 12.5. The van der Waals surface area contributed by atoms with E-state index in [4.69, 9.17) is 10.8 Å². The third-order valence-electron chi connectivity index (χ3n) is 3.09. The Morgan fingerprint density at radius 2 is 1.92 bits per heavy atom. The Labute approximate surface area is 156 Å². The standard InChI is InChI=1S/C14H15BrF3N3OS.ClH/c1-21-13(23-10-4-2-8(15)3-5-10)11(6-9(19)7-22)12(20-21)14(16,17)18;/h2-5,9,22H,6-7,19H2,1H3;1H. The number of rotatable bonds is 5.